The minimum atomic E-state index is -3.20. The van der Waals surface area contributed by atoms with Crippen LogP contribution in [-0.2, 0) is 26.9 Å². The van der Waals surface area contributed by atoms with Gasteiger partial charge in [-0.1, -0.05) is 6.07 Å². The maximum Gasteiger partial charge on any atom is 0.191 e. The van der Waals surface area contributed by atoms with Crippen LogP contribution in [0.15, 0.2) is 23.2 Å². The normalized spacial score (nSPS) is 12.4. The average molecular weight is 403 g/mol. The molecule has 0 aliphatic carbocycles. The van der Waals surface area contributed by atoms with Gasteiger partial charge >= 0.3 is 0 Å². The van der Waals surface area contributed by atoms with Crippen LogP contribution in [0.3, 0.4) is 0 Å². The van der Waals surface area contributed by atoms with Crippen molar-refractivity contribution >= 4 is 15.8 Å². The zero-order valence-electron chi connectivity index (χ0n) is 16.6. The largest absolute Gasteiger partial charge is 0.383 e. The van der Waals surface area contributed by atoms with Crippen LogP contribution in [0.2, 0.25) is 0 Å². The summed E-state index contributed by atoms with van der Waals surface area (Å²) >= 11 is 0. The van der Waals surface area contributed by atoms with Crippen molar-refractivity contribution in [3.05, 3.63) is 35.1 Å². The molecule has 0 bridgehead atoms. The molecule has 2 N–H and O–H groups in total. The van der Waals surface area contributed by atoms with E-state index in [1.807, 2.05) is 7.05 Å². The van der Waals surface area contributed by atoms with E-state index in [1.165, 1.54) is 18.2 Å². The van der Waals surface area contributed by atoms with Gasteiger partial charge in [-0.05, 0) is 43.3 Å². The van der Waals surface area contributed by atoms with E-state index >= 15 is 0 Å². The molecule has 0 unspecified atom stereocenters. The Morgan fingerprint density at radius 2 is 2.00 bits per heavy atom. The lowest BCUT2D eigenvalue weighted by Gasteiger charge is -2.17. The fourth-order valence-corrected chi connectivity index (χ4v) is 3.34. The fraction of sp³-hybridized carbons (Fsp3) is 0.611. The third-order valence-corrected chi connectivity index (χ3v) is 4.78. The summed E-state index contributed by atoms with van der Waals surface area (Å²) in [4.78, 5) is 6.33. The number of benzene rings is 1. The molecule has 0 radical (unpaired) electrons. The number of likely N-dealkylation sites (N-methyl/N-ethyl adjacent to an activating group) is 1. The topological polar surface area (TPSA) is 83.0 Å². The van der Waals surface area contributed by atoms with Crippen LogP contribution in [0.1, 0.15) is 17.5 Å². The van der Waals surface area contributed by atoms with Crippen LogP contribution in [-0.4, -0.2) is 73.0 Å². The highest BCUT2D eigenvalue weighted by Gasteiger charge is 2.11. The van der Waals surface area contributed by atoms with Crippen LogP contribution in [0, 0.1) is 5.82 Å². The Morgan fingerprint density at radius 3 is 2.63 bits per heavy atom. The number of guanidine groups is 1. The van der Waals surface area contributed by atoms with Gasteiger partial charge in [0.05, 0.1) is 12.4 Å². The molecule has 0 spiro atoms. The van der Waals surface area contributed by atoms with E-state index in [4.69, 9.17) is 4.74 Å². The summed E-state index contributed by atoms with van der Waals surface area (Å²) in [6.45, 7) is 3.53. The van der Waals surface area contributed by atoms with Gasteiger partial charge in [0.15, 0.2) is 15.8 Å². The fourth-order valence-electron chi connectivity index (χ4n) is 2.50. The molecule has 0 amide bonds. The Bertz CT molecular complexity index is 711. The van der Waals surface area contributed by atoms with Crippen LogP contribution in [0.4, 0.5) is 4.39 Å². The van der Waals surface area contributed by atoms with Crippen LogP contribution < -0.4 is 10.6 Å². The third-order valence-electron chi connectivity index (χ3n) is 3.94. The van der Waals surface area contributed by atoms with Gasteiger partial charge in [0.25, 0.3) is 0 Å². The van der Waals surface area contributed by atoms with Crippen molar-refractivity contribution in [2.75, 3.05) is 53.7 Å². The second-order valence-electron chi connectivity index (χ2n) is 6.49. The number of sulfone groups is 1. The Balaban J connectivity index is 2.52. The van der Waals surface area contributed by atoms with Crippen molar-refractivity contribution in [2.45, 2.75) is 18.7 Å². The molecule has 1 aromatic rings. The van der Waals surface area contributed by atoms with Crippen molar-refractivity contribution < 1.29 is 17.5 Å². The maximum atomic E-state index is 13.6. The molecular weight excluding hydrogens is 371 g/mol. The Kier molecular flexibility index (Phi) is 10.3. The van der Waals surface area contributed by atoms with Crippen molar-refractivity contribution in [1.29, 1.82) is 0 Å². The molecule has 0 aliphatic rings. The standard InChI is InChI=1S/C18H31FN4O3S/c1-20-18(21-8-5-9-23(2)10-11-26-3)22-13-16-12-17(19)7-6-15(16)14-27(4,24)25/h6-7,12H,5,8-11,13-14H2,1-4H3,(H2,20,21,22). The molecule has 1 aromatic carbocycles. The number of hydrogen-bond donors (Lipinski definition) is 2. The van der Waals surface area contributed by atoms with Gasteiger partial charge in [-0.25, -0.2) is 12.8 Å². The number of hydrogen-bond acceptors (Lipinski definition) is 5. The maximum absolute atomic E-state index is 13.6. The first kappa shape index (κ1) is 23.3. The van der Waals surface area contributed by atoms with Crippen LogP contribution >= 0.6 is 0 Å². The number of halogens is 1. The SMILES string of the molecule is CN=C(NCCCN(C)CCOC)NCc1cc(F)ccc1CS(C)(=O)=O. The molecule has 1 rings (SSSR count). The number of nitrogens with one attached hydrogen (secondary N) is 2. The molecule has 154 valence electrons. The molecule has 27 heavy (non-hydrogen) atoms. The molecular formula is C18H31FN4O3S. The molecule has 0 saturated carbocycles. The third kappa shape index (κ3) is 10.3. The molecule has 7 nitrogen and oxygen atoms in total. The first-order chi connectivity index (χ1) is 12.7. The minimum absolute atomic E-state index is 0.121. The van der Waals surface area contributed by atoms with E-state index in [0.717, 1.165) is 32.3 Å². The van der Waals surface area contributed by atoms with Crippen LogP contribution in [0.25, 0.3) is 0 Å². The van der Waals surface area contributed by atoms with Crippen molar-refractivity contribution in [3.8, 4) is 0 Å². The molecule has 0 aromatic heterocycles. The number of methoxy groups -OCH3 is 1. The summed E-state index contributed by atoms with van der Waals surface area (Å²) in [5.74, 6) is 0.0691. The first-order valence-electron chi connectivity index (χ1n) is 8.82. The number of rotatable bonds is 11. The van der Waals surface area contributed by atoms with E-state index in [2.05, 4.69) is 20.5 Å². The molecule has 9 heteroatoms. The Morgan fingerprint density at radius 1 is 1.26 bits per heavy atom. The summed E-state index contributed by atoms with van der Waals surface area (Å²) in [6.07, 6.45) is 2.10. The second-order valence-corrected chi connectivity index (χ2v) is 8.63. The molecule has 0 saturated heterocycles. The van der Waals surface area contributed by atoms with Crippen molar-refractivity contribution in [3.63, 3.8) is 0 Å². The molecule has 0 heterocycles. The van der Waals surface area contributed by atoms with Gasteiger partial charge < -0.3 is 20.3 Å². The summed E-state index contributed by atoms with van der Waals surface area (Å²) in [5.41, 5.74) is 1.18. The van der Waals surface area contributed by atoms with E-state index in [-0.39, 0.29) is 12.3 Å². The van der Waals surface area contributed by atoms with Gasteiger partial charge in [0, 0.05) is 40.0 Å². The lowest BCUT2D eigenvalue weighted by molar-refractivity contribution is 0.161. The van der Waals surface area contributed by atoms with Gasteiger partial charge in [-0.3, -0.25) is 4.99 Å². The summed E-state index contributed by atoms with van der Waals surface area (Å²) < 4.78 is 41.7. The summed E-state index contributed by atoms with van der Waals surface area (Å²) in [7, 11) is 2.18. The van der Waals surface area contributed by atoms with E-state index < -0.39 is 15.7 Å². The first-order valence-corrected chi connectivity index (χ1v) is 10.9. The minimum Gasteiger partial charge on any atom is -0.383 e. The number of nitrogens with zero attached hydrogens (tertiary/aromatic N) is 2. The zero-order valence-corrected chi connectivity index (χ0v) is 17.4. The van der Waals surface area contributed by atoms with Gasteiger partial charge in [0.2, 0.25) is 0 Å². The molecule has 0 atom stereocenters. The average Bonchev–Trinajstić information content (AvgIpc) is 2.60. The zero-order chi connectivity index (χ0) is 20.3. The Hall–Kier alpha value is -1.71. The predicted molar refractivity (Wildman–Crippen MR) is 107 cm³/mol. The van der Waals surface area contributed by atoms with Crippen LogP contribution in [0.5, 0.6) is 0 Å². The lowest BCUT2D eigenvalue weighted by atomic mass is 10.1. The van der Waals surface area contributed by atoms with Gasteiger partial charge in [-0.15, -0.1) is 0 Å². The highest BCUT2D eigenvalue weighted by molar-refractivity contribution is 7.89. The highest BCUT2D eigenvalue weighted by Crippen LogP contribution is 2.14. The van der Waals surface area contributed by atoms with E-state index in [9.17, 15) is 12.8 Å². The van der Waals surface area contributed by atoms with E-state index in [0.29, 0.717) is 23.7 Å². The summed E-state index contributed by atoms with van der Waals surface area (Å²) in [6, 6.07) is 4.14. The van der Waals surface area contributed by atoms with Gasteiger partial charge in [0.1, 0.15) is 5.82 Å². The molecule has 0 fully saturated rings. The van der Waals surface area contributed by atoms with Crippen molar-refractivity contribution in [1.82, 2.24) is 15.5 Å². The predicted octanol–water partition coefficient (Wildman–Crippen LogP) is 1.00. The van der Waals surface area contributed by atoms with E-state index in [1.54, 1.807) is 14.2 Å². The lowest BCUT2D eigenvalue weighted by Crippen LogP contribution is -2.38. The quantitative estimate of drug-likeness (QED) is 0.327. The second kappa shape index (κ2) is 11.9. The number of ether oxygens (including phenoxy) is 1. The van der Waals surface area contributed by atoms with Gasteiger partial charge in [-0.2, -0.15) is 0 Å². The summed E-state index contributed by atoms with van der Waals surface area (Å²) in [5, 5.41) is 6.31. The molecule has 0 aliphatic heterocycles. The Labute approximate surface area is 161 Å². The number of aliphatic imine (C=N–C) groups is 1. The van der Waals surface area contributed by atoms with Crippen molar-refractivity contribution in [2.24, 2.45) is 4.99 Å². The monoisotopic (exact) mass is 402 g/mol. The highest BCUT2D eigenvalue weighted by atomic mass is 32.2. The smallest absolute Gasteiger partial charge is 0.191 e.